The summed E-state index contributed by atoms with van der Waals surface area (Å²) < 4.78 is 15.1. The summed E-state index contributed by atoms with van der Waals surface area (Å²) >= 11 is 5.62. The molecule has 1 amide bonds. The van der Waals surface area contributed by atoms with Crippen molar-refractivity contribution in [3.8, 4) is 0 Å². The molecule has 0 atom stereocenters. The zero-order chi connectivity index (χ0) is 14.0. The van der Waals surface area contributed by atoms with Crippen LogP contribution in [0.15, 0.2) is 24.4 Å². The molecule has 0 aliphatic rings. The highest BCUT2D eigenvalue weighted by Gasteiger charge is 2.14. The number of hydrogen-bond acceptors (Lipinski definition) is 3. The van der Waals surface area contributed by atoms with Gasteiger partial charge in [0.2, 0.25) is 0 Å². The van der Waals surface area contributed by atoms with Gasteiger partial charge in [0.15, 0.2) is 5.82 Å². The van der Waals surface area contributed by atoms with Crippen molar-refractivity contribution in [1.29, 1.82) is 0 Å². The van der Waals surface area contributed by atoms with Crippen LogP contribution in [-0.2, 0) is 13.6 Å². The third-order valence-electron chi connectivity index (χ3n) is 2.70. The number of benzene rings is 1. The Morgan fingerprint density at radius 1 is 1.58 bits per heavy atom. The van der Waals surface area contributed by atoms with Crippen LogP contribution < -0.4 is 11.1 Å². The number of aryl methyl sites for hydroxylation is 1. The van der Waals surface area contributed by atoms with Gasteiger partial charge in [-0.3, -0.25) is 9.48 Å². The number of carbonyl (C=O) groups excluding carboxylic acids is 1. The number of hydrogen-bond donors (Lipinski definition) is 2. The molecule has 7 heteroatoms. The number of rotatable bonds is 3. The second-order valence-corrected chi connectivity index (χ2v) is 4.37. The second-order valence-electron chi connectivity index (χ2n) is 3.96. The maximum atomic E-state index is 13.6. The topological polar surface area (TPSA) is 72.9 Å². The van der Waals surface area contributed by atoms with Crippen LogP contribution in [0.3, 0.4) is 0 Å². The van der Waals surface area contributed by atoms with Gasteiger partial charge >= 0.3 is 0 Å². The van der Waals surface area contributed by atoms with Crippen LogP contribution >= 0.6 is 11.6 Å². The van der Waals surface area contributed by atoms with E-state index in [1.165, 1.54) is 22.9 Å². The number of nitrogens with zero attached hydrogens (tertiary/aromatic N) is 2. The van der Waals surface area contributed by atoms with E-state index in [0.717, 1.165) is 0 Å². The Bertz CT molecular complexity index is 626. The van der Waals surface area contributed by atoms with Gasteiger partial charge in [0.05, 0.1) is 16.8 Å². The molecule has 19 heavy (non-hydrogen) atoms. The molecule has 0 aliphatic carbocycles. The molecule has 1 aromatic carbocycles. The van der Waals surface area contributed by atoms with E-state index in [0.29, 0.717) is 11.4 Å². The Kier molecular flexibility index (Phi) is 3.71. The summed E-state index contributed by atoms with van der Waals surface area (Å²) in [7, 11) is 1.69. The third-order valence-corrected chi connectivity index (χ3v) is 2.99. The Balaban J connectivity index is 2.10. The minimum Gasteiger partial charge on any atom is -0.384 e. The van der Waals surface area contributed by atoms with E-state index in [1.54, 1.807) is 13.2 Å². The highest BCUT2D eigenvalue weighted by Crippen LogP contribution is 2.18. The van der Waals surface area contributed by atoms with Crippen molar-refractivity contribution in [1.82, 2.24) is 15.1 Å². The summed E-state index contributed by atoms with van der Waals surface area (Å²) in [6.45, 7) is 0.171. The molecule has 3 N–H and O–H groups in total. The fourth-order valence-electron chi connectivity index (χ4n) is 1.58. The van der Waals surface area contributed by atoms with Gasteiger partial charge in [0.1, 0.15) is 5.82 Å². The van der Waals surface area contributed by atoms with Crippen molar-refractivity contribution in [2.45, 2.75) is 6.54 Å². The van der Waals surface area contributed by atoms with Crippen LogP contribution in [0.1, 0.15) is 15.9 Å². The van der Waals surface area contributed by atoms with E-state index >= 15 is 0 Å². The molecule has 1 heterocycles. The Labute approximate surface area is 114 Å². The van der Waals surface area contributed by atoms with Crippen LogP contribution in [0.5, 0.6) is 0 Å². The number of anilines is 1. The number of amides is 1. The molecule has 0 fully saturated rings. The molecular formula is C12H12ClFN4O. The maximum Gasteiger partial charge on any atom is 0.254 e. The van der Waals surface area contributed by atoms with Crippen LogP contribution in [0.25, 0.3) is 0 Å². The maximum absolute atomic E-state index is 13.6. The van der Waals surface area contributed by atoms with Gasteiger partial charge in [-0.1, -0.05) is 17.7 Å². The molecule has 0 saturated carbocycles. The number of nitrogen functional groups attached to an aromatic ring is 1. The van der Waals surface area contributed by atoms with Crippen LogP contribution in [0, 0.1) is 5.82 Å². The predicted molar refractivity (Wildman–Crippen MR) is 70.2 cm³/mol. The van der Waals surface area contributed by atoms with E-state index in [1.807, 2.05) is 0 Å². The Morgan fingerprint density at radius 2 is 2.32 bits per heavy atom. The minimum atomic E-state index is -0.735. The van der Waals surface area contributed by atoms with E-state index in [9.17, 15) is 9.18 Å². The fraction of sp³-hybridized carbons (Fsp3) is 0.167. The van der Waals surface area contributed by atoms with Crippen molar-refractivity contribution in [3.05, 3.63) is 46.4 Å². The molecule has 0 aliphatic heterocycles. The van der Waals surface area contributed by atoms with Gasteiger partial charge < -0.3 is 11.1 Å². The lowest BCUT2D eigenvalue weighted by Crippen LogP contribution is -2.24. The van der Waals surface area contributed by atoms with Crippen molar-refractivity contribution in [2.75, 3.05) is 5.73 Å². The molecule has 0 unspecified atom stereocenters. The van der Waals surface area contributed by atoms with E-state index in [2.05, 4.69) is 10.4 Å². The van der Waals surface area contributed by atoms with Crippen molar-refractivity contribution in [2.24, 2.45) is 7.05 Å². The first-order valence-corrected chi connectivity index (χ1v) is 5.87. The number of nitrogens with one attached hydrogen (secondary N) is 1. The first-order chi connectivity index (χ1) is 9.00. The van der Waals surface area contributed by atoms with Gasteiger partial charge in [-0.25, -0.2) is 4.39 Å². The summed E-state index contributed by atoms with van der Waals surface area (Å²) in [5.74, 6) is -0.837. The molecule has 0 radical (unpaired) electrons. The molecule has 5 nitrogen and oxygen atoms in total. The minimum absolute atomic E-state index is 0.0893. The smallest absolute Gasteiger partial charge is 0.254 e. The van der Waals surface area contributed by atoms with E-state index in [4.69, 9.17) is 17.3 Å². The molecule has 100 valence electrons. The SMILES string of the molecule is Cn1ncc(CNC(=O)c2cccc(Cl)c2F)c1N. The van der Waals surface area contributed by atoms with Crippen LogP contribution in [-0.4, -0.2) is 15.7 Å². The summed E-state index contributed by atoms with van der Waals surface area (Å²) in [4.78, 5) is 11.8. The predicted octanol–water partition coefficient (Wildman–Crippen LogP) is 1.72. The van der Waals surface area contributed by atoms with Gasteiger partial charge in [0.25, 0.3) is 5.91 Å². The first kappa shape index (κ1) is 13.4. The molecular weight excluding hydrogens is 271 g/mol. The highest BCUT2D eigenvalue weighted by atomic mass is 35.5. The third kappa shape index (κ3) is 2.68. The van der Waals surface area contributed by atoms with Crippen LogP contribution in [0.2, 0.25) is 5.02 Å². The lowest BCUT2D eigenvalue weighted by molar-refractivity contribution is 0.0947. The molecule has 1 aromatic heterocycles. The summed E-state index contributed by atoms with van der Waals surface area (Å²) in [5.41, 5.74) is 6.30. The van der Waals surface area contributed by atoms with Crippen LogP contribution in [0.4, 0.5) is 10.2 Å². The fourth-order valence-corrected chi connectivity index (χ4v) is 1.75. The standard InChI is InChI=1S/C12H12ClFN4O/c1-18-11(15)7(6-17-18)5-16-12(19)8-3-2-4-9(13)10(8)14/h2-4,6H,5,15H2,1H3,(H,16,19). The molecule has 2 rings (SSSR count). The summed E-state index contributed by atoms with van der Waals surface area (Å²) in [5, 5.41) is 6.42. The Hall–Kier alpha value is -2.08. The zero-order valence-corrected chi connectivity index (χ0v) is 10.9. The van der Waals surface area contributed by atoms with Crippen molar-refractivity contribution in [3.63, 3.8) is 0 Å². The number of aromatic nitrogens is 2. The average Bonchev–Trinajstić information content (AvgIpc) is 2.70. The Morgan fingerprint density at radius 3 is 2.95 bits per heavy atom. The molecule has 0 saturated heterocycles. The number of carbonyl (C=O) groups is 1. The number of halogens is 2. The largest absolute Gasteiger partial charge is 0.384 e. The van der Waals surface area contributed by atoms with Gasteiger partial charge in [-0.2, -0.15) is 5.10 Å². The van der Waals surface area contributed by atoms with Crippen molar-refractivity contribution >= 4 is 23.3 Å². The van der Waals surface area contributed by atoms with Gasteiger partial charge in [-0.15, -0.1) is 0 Å². The normalized spacial score (nSPS) is 10.5. The number of nitrogens with two attached hydrogens (primary N) is 1. The van der Waals surface area contributed by atoms with E-state index < -0.39 is 11.7 Å². The first-order valence-electron chi connectivity index (χ1n) is 5.49. The van der Waals surface area contributed by atoms with Gasteiger partial charge in [0, 0.05) is 19.2 Å². The lowest BCUT2D eigenvalue weighted by Gasteiger charge is -2.06. The second kappa shape index (κ2) is 5.27. The highest BCUT2D eigenvalue weighted by molar-refractivity contribution is 6.31. The monoisotopic (exact) mass is 282 g/mol. The van der Waals surface area contributed by atoms with Crippen molar-refractivity contribution < 1.29 is 9.18 Å². The molecule has 0 spiro atoms. The molecule has 0 bridgehead atoms. The molecule has 2 aromatic rings. The van der Waals surface area contributed by atoms with Gasteiger partial charge in [-0.05, 0) is 12.1 Å². The van der Waals surface area contributed by atoms with E-state index in [-0.39, 0.29) is 17.1 Å². The summed E-state index contributed by atoms with van der Waals surface area (Å²) in [6.07, 6.45) is 1.55. The quantitative estimate of drug-likeness (QED) is 0.900. The summed E-state index contributed by atoms with van der Waals surface area (Å²) in [6, 6.07) is 4.26. The average molecular weight is 283 g/mol. The lowest BCUT2D eigenvalue weighted by atomic mass is 10.2. The zero-order valence-electron chi connectivity index (χ0n) is 10.2.